The number of hydrogen-bond acceptors (Lipinski definition) is 5. The minimum Gasteiger partial charge on any atom is -0.436 e. The zero-order chi connectivity index (χ0) is 28.1. The molecular formula is C27H47NO4Si5. The van der Waals surface area contributed by atoms with Crippen LogP contribution in [0.3, 0.4) is 0 Å². The monoisotopic (exact) mass is 589 g/mol. The van der Waals surface area contributed by atoms with Crippen LogP contribution in [-0.2, 0) is 16.5 Å². The highest BCUT2D eigenvalue weighted by Gasteiger charge is 2.45. The Kier molecular flexibility index (Phi) is 10.7. The van der Waals surface area contributed by atoms with Gasteiger partial charge in [0.25, 0.3) is 0 Å². The second kappa shape index (κ2) is 12.4. The van der Waals surface area contributed by atoms with Crippen molar-refractivity contribution < 1.29 is 16.5 Å². The van der Waals surface area contributed by atoms with Gasteiger partial charge in [-0.1, -0.05) is 56.2 Å². The van der Waals surface area contributed by atoms with Crippen LogP contribution in [0, 0.1) is 11.3 Å². The molecule has 2 aromatic carbocycles. The summed E-state index contributed by atoms with van der Waals surface area (Å²) >= 11 is 0. The van der Waals surface area contributed by atoms with E-state index in [0.29, 0.717) is 5.56 Å². The molecule has 37 heavy (non-hydrogen) atoms. The Balaban J connectivity index is 2.08. The van der Waals surface area contributed by atoms with E-state index in [2.05, 4.69) is 103 Å². The Hall–Kier alpha value is -1.15. The molecule has 0 unspecified atom stereocenters. The molecule has 5 nitrogen and oxygen atoms in total. The molecule has 0 saturated carbocycles. The Morgan fingerprint density at radius 2 is 1.05 bits per heavy atom. The molecule has 2 aromatic rings. The number of rotatable bonds is 13. The average molecular weight is 590 g/mol. The molecule has 0 aromatic heterocycles. The highest BCUT2D eigenvalue weighted by molar-refractivity contribution is 6.94. The summed E-state index contributed by atoms with van der Waals surface area (Å²) in [6.07, 6.45) is 2.41. The van der Waals surface area contributed by atoms with Gasteiger partial charge in [-0.3, -0.25) is 0 Å². The van der Waals surface area contributed by atoms with Gasteiger partial charge in [-0.05, 0) is 100.0 Å². The Morgan fingerprint density at radius 1 is 0.622 bits per heavy atom. The molecule has 0 fully saturated rings. The lowest BCUT2D eigenvalue weighted by Gasteiger charge is -2.42. The SMILES string of the molecule is CCCC[Si](C)(C)O[Si](C)(C)O[Si](C)(C)O[Si](C)(C)O[Si](C)(C)c1ccc(-c2ccc(C#N)cc2)cc1. The summed E-state index contributed by atoms with van der Waals surface area (Å²) in [6, 6.07) is 19.7. The minimum atomic E-state index is -2.48. The number of unbranched alkanes of at least 4 members (excludes halogenated alkanes) is 1. The van der Waals surface area contributed by atoms with E-state index in [1.165, 1.54) is 24.1 Å². The number of hydrogen-bond donors (Lipinski definition) is 0. The van der Waals surface area contributed by atoms with E-state index in [1.54, 1.807) is 0 Å². The Labute approximate surface area is 231 Å². The van der Waals surface area contributed by atoms with Crippen molar-refractivity contribution >= 4 is 47.5 Å². The summed E-state index contributed by atoms with van der Waals surface area (Å²) in [5, 5.41) is 10.3. The summed E-state index contributed by atoms with van der Waals surface area (Å²) in [4.78, 5) is 0. The lowest BCUT2D eigenvalue weighted by molar-refractivity contribution is 0.299. The van der Waals surface area contributed by atoms with Crippen LogP contribution in [0.15, 0.2) is 48.5 Å². The normalized spacial score (nSPS) is 13.5. The second-order valence-corrected chi connectivity index (χ2v) is 31.5. The molecule has 0 bridgehead atoms. The van der Waals surface area contributed by atoms with Gasteiger partial charge in [0.05, 0.1) is 11.6 Å². The van der Waals surface area contributed by atoms with Crippen molar-refractivity contribution in [2.24, 2.45) is 0 Å². The van der Waals surface area contributed by atoms with Gasteiger partial charge in [-0.25, -0.2) is 0 Å². The van der Waals surface area contributed by atoms with Crippen LogP contribution in [0.5, 0.6) is 0 Å². The van der Waals surface area contributed by atoms with Crippen molar-refractivity contribution in [1.82, 2.24) is 0 Å². The molecule has 2 rings (SSSR count). The van der Waals surface area contributed by atoms with Crippen molar-refractivity contribution in [1.29, 1.82) is 5.26 Å². The first-order chi connectivity index (χ1) is 16.9. The summed E-state index contributed by atoms with van der Waals surface area (Å²) in [5.74, 6) is 0. The third-order valence-corrected chi connectivity index (χ3v) is 25.4. The van der Waals surface area contributed by atoms with E-state index < -0.39 is 42.3 Å². The molecule has 0 radical (unpaired) electrons. The van der Waals surface area contributed by atoms with Gasteiger partial charge >= 0.3 is 25.7 Å². The highest BCUT2D eigenvalue weighted by atomic mass is 28.5. The van der Waals surface area contributed by atoms with Gasteiger partial charge in [0.15, 0.2) is 8.32 Å². The quantitative estimate of drug-likeness (QED) is 0.223. The first-order valence-corrected chi connectivity index (χ1v) is 27.8. The molecule has 0 aliphatic carbocycles. The van der Waals surface area contributed by atoms with Crippen LogP contribution in [0.4, 0.5) is 0 Å². The molecule has 0 aliphatic rings. The van der Waals surface area contributed by atoms with Gasteiger partial charge in [0.1, 0.15) is 0 Å². The van der Waals surface area contributed by atoms with Gasteiger partial charge in [0, 0.05) is 0 Å². The molecule has 204 valence electrons. The predicted octanol–water partition coefficient (Wildman–Crippen LogP) is 7.81. The van der Waals surface area contributed by atoms with Crippen LogP contribution in [0.1, 0.15) is 25.3 Å². The van der Waals surface area contributed by atoms with Gasteiger partial charge in [0.2, 0.25) is 8.32 Å². The summed E-state index contributed by atoms with van der Waals surface area (Å²) in [7, 11) is -11.3. The summed E-state index contributed by atoms with van der Waals surface area (Å²) < 4.78 is 27.0. The van der Waals surface area contributed by atoms with Gasteiger partial charge in [-0.2, -0.15) is 5.26 Å². The maximum absolute atomic E-state index is 9.04. The summed E-state index contributed by atoms with van der Waals surface area (Å²) in [6.45, 7) is 24.2. The fraction of sp³-hybridized carbons (Fsp3) is 0.519. The Morgan fingerprint density at radius 3 is 1.51 bits per heavy atom. The smallest absolute Gasteiger partial charge is 0.314 e. The van der Waals surface area contributed by atoms with Crippen molar-refractivity contribution in [2.45, 2.75) is 91.3 Å². The average Bonchev–Trinajstić information content (AvgIpc) is 2.74. The number of benzene rings is 2. The van der Waals surface area contributed by atoms with Crippen molar-refractivity contribution in [3.8, 4) is 17.2 Å². The van der Waals surface area contributed by atoms with Crippen LogP contribution in [0.25, 0.3) is 11.1 Å². The lowest BCUT2D eigenvalue weighted by atomic mass is 10.0. The number of nitriles is 1. The Bertz CT molecular complexity index is 1060. The molecule has 0 heterocycles. The van der Waals surface area contributed by atoms with Gasteiger partial charge in [-0.15, -0.1) is 0 Å². The standard InChI is InChI=1S/C27H47NO4Si5/c1-12-13-22-33(2,3)29-35(6,7)31-37(10,11)32-36(8,9)30-34(4,5)27-20-18-26(19-21-27)25-16-14-24(23-28)15-17-25/h14-21H,12-13,22H2,1-11H3. The zero-order valence-corrected chi connectivity index (χ0v) is 29.8. The van der Waals surface area contributed by atoms with Crippen LogP contribution >= 0.6 is 0 Å². The molecule has 0 N–H and O–H groups in total. The van der Waals surface area contributed by atoms with Gasteiger partial charge < -0.3 is 16.5 Å². The van der Waals surface area contributed by atoms with Crippen molar-refractivity contribution in [3.63, 3.8) is 0 Å². The maximum atomic E-state index is 9.04. The fourth-order valence-corrected chi connectivity index (χ4v) is 29.4. The molecule has 10 heteroatoms. The van der Waals surface area contributed by atoms with Crippen LogP contribution < -0.4 is 5.19 Å². The fourth-order valence-electron chi connectivity index (χ4n) is 5.04. The number of nitrogens with zero attached hydrogens (tertiary/aromatic N) is 1. The second-order valence-electron chi connectivity index (χ2n) is 12.2. The van der Waals surface area contributed by atoms with Crippen molar-refractivity contribution in [2.75, 3.05) is 0 Å². The summed E-state index contributed by atoms with van der Waals surface area (Å²) in [5.41, 5.74) is 2.90. The molecule has 0 spiro atoms. The maximum Gasteiger partial charge on any atom is 0.314 e. The third kappa shape index (κ3) is 10.5. The topological polar surface area (TPSA) is 60.7 Å². The molecule has 0 atom stereocenters. The van der Waals surface area contributed by atoms with Crippen LogP contribution in [0.2, 0.25) is 71.5 Å². The largest absolute Gasteiger partial charge is 0.436 e. The van der Waals surface area contributed by atoms with Crippen LogP contribution in [-0.4, -0.2) is 42.3 Å². The van der Waals surface area contributed by atoms with E-state index in [9.17, 15) is 0 Å². The minimum absolute atomic E-state index is 0.671. The van der Waals surface area contributed by atoms with E-state index in [4.69, 9.17) is 21.7 Å². The van der Waals surface area contributed by atoms with E-state index in [0.717, 1.165) is 11.1 Å². The van der Waals surface area contributed by atoms with E-state index in [-0.39, 0.29) is 0 Å². The van der Waals surface area contributed by atoms with E-state index in [1.807, 2.05) is 24.3 Å². The predicted molar refractivity (Wildman–Crippen MR) is 168 cm³/mol. The third-order valence-electron chi connectivity index (χ3n) is 6.07. The van der Waals surface area contributed by atoms with E-state index >= 15 is 0 Å². The molecule has 0 amide bonds. The first kappa shape index (κ1) is 32.1. The van der Waals surface area contributed by atoms with Crippen molar-refractivity contribution in [3.05, 3.63) is 54.1 Å². The molecular weight excluding hydrogens is 543 g/mol. The molecule has 0 aliphatic heterocycles. The zero-order valence-electron chi connectivity index (χ0n) is 24.8. The molecule has 0 saturated heterocycles. The highest BCUT2D eigenvalue weighted by Crippen LogP contribution is 2.28. The lowest BCUT2D eigenvalue weighted by Crippen LogP contribution is -2.60. The first-order valence-electron chi connectivity index (χ1n) is 13.3.